The van der Waals surface area contributed by atoms with E-state index >= 15 is 0 Å². The van der Waals surface area contributed by atoms with Gasteiger partial charge >= 0.3 is 0 Å². The number of aryl methyl sites for hydroxylation is 1. The number of thiazole rings is 1. The van der Waals surface area contributed by atoms with Crippen LogP contribution in [0.15, 0.2) is 41.3 Å². The molecule has 0 unspecified atom stereocenters. The Labute approximate surface area is 190 Å². The normalized spacial score (nSPS) is 11.9. The lowest BCUT2D eigenvalue weighted by molar-refractivity contribution is -0.118. The zero-order chi connectivity index (χ0) is 23.5. The second-order valence-corrected chi connectivity index (χ2v) is 10.9. The van der Waals surface area contributed by atoms with Gasteiger partial charge in [0.2, 0.25) is 5.91 Å². The number of carbonyl (C=O) groups excluding carboxylic acids is 1. The molecule has 0 spiro atoms. The molecule has 10 heteroatoms. The van der Waals surface area contributed by atoms with E-state index in [1.54, 1.807) is 24.3 Å². The summed E-state index contributed by atoms with van der Waals surface area (Å²) in [6.45, 7) is 2.69. The first-order chi connectivity index (χ1) is 15.1. The molecule has 6 nitrogen and oxygen atoms in total. The van der Waals surface area contributed by atoms with Gasteiger partial charge in [-0.3, -0.25) is 9.69 Å². The summed E-state index contributed by atoms with van der Waals surface area (Å²) in [7, 11) is 0.200. The van der Waals surface area contributed by atoms with Crippen molar-refractivity contribution in [2.45, 2.75) is 24.7 Å². The van der Waals surface area contributed by atoms with Gasteiger partial charge in [0.25, 0.3) is 0 Å². The Balaban J connectivity index is 1.75. The quantitative estimate of drug-likeness (QED) is 0.462. The fraction of sp³-hybridized carbons (Fsp3) is 0.364. The molecule has 0 aliphatic rings. The van der Waals surface area contributed by atoms with Crippen molar-refractivity contribution in [3.63, 3.8) is 0 Å². The summed E-state index contributed by atoms with van der Waals surface area (Å²) < 4.78 is 53.0. The van der Waals surface area contributed by atoms with Gasteiger partial charge in [0.05, 0.1) is 15.3 Å². The van der Waals surface area contributed by atoms with E-state index in [9.17, 15) is 22.0 Å². The summed E-state index contributed by atoms with van der Waals surface area (Å²) in [5, 5.41) is 0.262. The largest absolute Gasteiger partial charge is 0.308 e. The maximum atomic E-state index is 14.1. The lowest BCUT2D eigenvalue weighted by Gasteiger charge is -2.22. The number of sulfone groups is 1. The highest BCUT2D eigenvalue weighted by Gasteiger charge is 2.22. The van der Waals surface area contributed by atoms with Gasteiger partial charge in [-0.25, -0.2) is 22.2 Å². The second-order valence-electron chi connectivity index (χ2n) is 7.81. The molecule has 0 N–H and O–H groups in total. The summed E-state index contributed by atoms with van der Waals surface area (Å²) in [5.41, 5.74) is 0.971. The third kappa shape index (κ3) is 5.87. The molecule has 1 heterocycles. The molecule has 1 amide bonds. The van der Waals surface area contributed by atoms with Crippen LogP contribution in [-0.4, -0.2) is 57.1 Å². The number of halogens is 2. The molecule has 1 aromatic heterocycles. The molecule has 0 fully saturated rings. The van der Waals surface area contributed by atoms with E-state index in [1.807, 2.05) is 25.9 Å². The number of hydrogen-bond acceptors (Lipinski definition) is 6. The SMILES string of the molecule is Cc1ccc(S(=O)(=O)CCCC(=O)N(CCN(C)C)c2nc3c(F)cc(F)cc3s2)cc1. The first kappa shape index (κ1) is 24.2. The van der Waals surface area contributed by atoms with E-state index < -0.39 is 21.5 Å². The number of aromatic nitrogens is 1. The van der Waals surface area contributed by atoms with Gasteiger partial charge in [-0.15, -0.1) is 0 Å². The Bertz CT molecular complexity index is 1210. The lowest BCUT2D eigenvalue weighted by atomic mass is 10.2. The van der Waals surface area contributed by atoms with Gasteiger partial charge < -0.3 is 4.90 Å². The molecule has 2 aromatic carbocycles. The molecule has 3 aromatic rings. The van der Waals surface area contributed by atoms with Crippen LogP contribution in [-0.2, 0) is 14.6 Å². The number of carbonyl (C=O) groups is 1. The van der Waals surface area contributed by atoms with Crippen LogP contribution < -0.4 is 4.90 Å². The molecule has 0 saturated carbocycles. The van der Waals surface area contributed by atoms with E-state index in [0.29, 0.717) is 17.8 Å². The highest BCUT2D eigenvalue weighted by molar-refractivity contribution is 7.91. The molecular formula is C22H25F2N3O3S2. The zero-order valence-corrected chi connectivity index (χ0v) is 19.8. The van der Waals surface area contributed by atoms with Crippen LogP contribution in [0.1, 0.15) is 18.4 Å². The number of rotatable bonds is 9. The van der Waals surface area contributed by atoms with Crippen molar-refractivity contribution < 1.29 is 22.0 Å². The van der Waals surface area contributed by atoms with Crippen molar-refractivity contribution in [3.8, 4) is 0 Å². The smallest absolute Gasteiger partial charge is 0.228 e. The van der Waals surface area contributed by atoms with E-state index in [2.05, 4.69) is 4.98 Å². The van der Waals surface area contributed by atoms with Crippen LogP contribution in [0.5, 0.6) is 0 Å². The van der Waals surface area contributed by atoms with Gasteiger partial charge in [-0.1, -0.05) is 29.0 Å². The monoisotopic (exact) mass is 481 g/mol. The molecule has 172 valence electrons. The molecule has 3 rings (SSSR count). The summed E-state index contributed by atoms with van der Waals surface area (Å²) in [6, 6.07) is 8.53. The first-order valence-electron chi connectivity index (χ1n) is 10.1. The number of hydrogen-bond donors (Lipinski definition) is 0. The summed E-state index contributed by atoms with van der Waals surface area (Å²) in [6.07, 6.45) is 0.132. The Kier molecular flexibility index (Phi) is 7.58. The average Bonchev–Trinajstić information content (AvgIpc) is 3.12. The lowest BCUT2D eigenvalue weighted by Crippen LogP contribution is -2.36. The van der Waals surface area contributed by atoms with Crippen molar-refractivity contribution in [2.75, 3.05) is 37.8 Å². The summed E-state index contributed by atoms with van der Waals surface area (Å²) >= 11 is 1.03. The molecule has 32 heavy (non-hydrogen) atoms. The topological polar surface area (TPSA) is 70.6 Å². The minimum absolute atomic E-state index is 0.00864. The third-order valence-corrected chi connectivity index (χ3v) is 7.73. The molecule has 0 atom stereocenters. The molecule has 0 saturated heterocycles. The second kappa shape index (κ2) is 10.0. The highest BCUT2D eigenvalue weighted by atomic mass is 32.2. The number of nitrogens with zero attached hydrogens (tertiary/aromatic N) is 3. The van der Waals surface area contributed by atoms with Gasteiger partial charge in [0.1, 0.15) is 11.3 Å². The summed E-state index contributed by atoms with van der Waals surface area (Å²) in [5.74, 6) is -1.97. The Hall–Kier alpha value is -2.43. The highest BCUT2D eigenvalue weighted by Crippen LogP contribution is 2.31. The number of benzene rings is 2. The predicted octanol–water partition coefficient (Wildman–Crippen LogP) is 4.03. The maximum absolute atomic E-state index is 14.1. The Morgan fingerprint density at radius 2 is 1.78 bits per heavy atom. The van der Waals surface area contributed by atoms with Crippen molar-refractivity contribution in [3.05, 3.63) is 53.6 Å². The number of amides is 1. The minimum atomic E-state index is -3.50. The van der Waals surface area contributed by atoms with Crippen LogP contribution in [0.2, 0.25) is 0 Å². The predicted molar refractivity (Wildman–Crippen MR) is 123 cm³/mol. The Morgan fingerprint density at radius 3 is 2.44 bits per heavy atom. The molecule has 0 radical (unpaired) electrons. The van der Waals surface area contributed by atoms with E-state index in [-0.39, 0.29) is 40.0 Å². The summed E-state index contributed by atoms with van der Waals surface area (Å²) in [4.78, 5) is 20.7. The molecular weight excluding hydrogens is 456 g/mol. The maximum Gasteiger partial charge on any atom is 0.228 e. The fourth-order valence-corrected chi connectivity index (χ4v) is 5.46. The van der Waals surface area contributed by atoms with Gasteiger partial charge in [-0.2, -0.15) is 0 Å². The molecule has 0 bridgehead atoms. The Morgan fingerprint density at radius 1 is 1.09 bits per heavy atom. The van der Waals surface area contributed by atoms with E-state index in [1.165, 1.54) is 11.0 Å². The van der Waals surface area contributed by atoms with Gasteiger partial charge in [0, 0.05) is 25.6 Å². The number of likely N-dealkylation sites (N-methyl/N-ethyl adjacent to an activating group) is 1. The fourth-order valence-electron chi connectivity index (χ4n) is 3.10. The van der Waals surface area contributed by atoms with Crippen LogP contribution in [0.3, 0.4) is 0 Å². The molecule has 0 aliphatic heterocycles. The van der Waals surface area contributed by atoms with Crippen LogP contribution in [0.4, 0.5) is 13.9 Å². The van der Waals surface area contributed by atoms with Crippen molar-refractivity contribution >= 4 is 42.4 Å². The van der Waals surface area contributed by atoms with Crippen LogP contribution in [0, 0.1) is 18.6 Å². The van der Waals surface area contributed by atoms with Crippen LogP contribution in [0.25, 0.3) is 10.2 Å². The zero-order valence-electron chi connectivity index (χ0n) is 18.1. The third-order valence-electron chi connectivity index (χ3n) is 4.89. The van der Waals surface area contributed by atoms with E-state index in [0.717, 1.165) is 23.0 Å². The van der Waals surface area contributed by atoms with Crippen molar-refractivity contribution in [2.24, 2.45) is 0 Å². The van der Waals surface area contributed by atoms with Crippen molar-refractivity contribution in [1.29, 1.82) is 0 Å². The van der Waals surface area contributed by atoms with Crippen LogP contribution >= 0.6 is 11.3 Å². The van der Waals surface area contributed by atoms with E-state index in [4.69, 9.17) is 0 Å². The van der Waals surface area contributed by atoms with Crippen molar-refractivity contribution in [1.82, 2.24) is 9.88 Å². The standard InChI is InChI=1S/C22H25F2N3O3S2/c1-15-6-8-17(9-7-15)32(29,30)12-4-5-20(28)27(11-10-26(2)3)22-25-21-18(24)13-16(23)14-19(21)31-22/h6-9,13-14H,4-5,10-12H2,1-3H3. The van der Waals surface area contributed by atoms with Gasteiger partial charge in [-0.05, 0) is 45.6 Å². The first-order valence-corrected chi connectivity index (χ1v) is 12.5. The average molecular weight is 482 g/mol. The molecule has 0 aliphatic carbocycles. The van der Waals surface area contributed by atoms with Gasteiger partial charge in [0.15, 0.2) is 20.8 Å². The minimum Gasteiger partial charge on any atom is -0.308 e. The number of anilines is 1. The number of fused-ring (bicyclic) bond motifs is 1.